The fourth-order valence-corrected chi connectivity index (χ4v) is 4.00. The summed E-state index contributed by atoms with van der Waals surface area (Å²) in [7, 11) is -7.59. The Labute approximate surface area is 144 Å². The van der Waals surface area contributed by atoms with Crippen LogP contribution in [0.1, 0.15) is 5.56 Å². The van der Waals surface area contributed by atoms with Crippen molar-refractivity contribution >= 4 is 43.2 Å². The molecule has 3 N–H and O–H groups in total. The molecule has 0 unspecified atom stereocenters. The van der Waals surface area contributed by atoms with E-state index in [0.717, 1.165) is 0 Å². The lowest BCUT2D eigenvalue weighted by molar-refractivity contribution is 0.581. The zero-order chi connectivity index (χ0) is 17.3. The van der Waals surface area contributed by atoms with E-state index in [1.165, 1.54) is 42.5 Å². The van der Waals surface area contributed by atoms with E-state index in [9.17, 15) is 16.8 Å². The molecule has 0 saturated heterocycles. The fraction of sp³-hybridized carbons (Fsp3) is 0.0769. The molecule has 0 aliphatic rings. The molecule has 0 fully saturated rings. The number of hydrogen-bond donors (Lipinski definition) is 2. The van der Waals surface area contributed by atoms with Crippen molar-refractivity contribution in [2.45, 2.75) is 16.3 Å². The van der Waals surface area contributed by atoms with Crippen molar-refractivity contribution < 1.29 is 16.8 Å². The van der Waals surface area contributed by atoms with Gasteiger partial charge in [0.1, 0.15) is 0 Å². The van der Waals surface area contributed by atoms with Crippen molar-refractivity contribution in [3.05, 3.63) is 58.1 Å². The Kier molecular flexibility index (Phi) is 5.34. The van der Waals surface area contributed by atoms with Gasteiger partial charge >= 0.3 is 0 Å². The molecule has 0 spiro atoms. The van der Waals surface area contributed by atoms with E-state index in [4.69, 9.17) is 28.3 Å². The van der Waals surface area contributed by atoms with Crippen LogP contribution in [0.3, 0.4) is 0 Å². The summed E-state index contributed by atoms with van der Waals surface area (Å²) in [6.45, 7) is -0.0304. The van der Waals surface area contributed by atoms with E-state index >= 15 is 0 Å². The van der Waals surface area contributed by atoms with Crippen LogP contribution in [0.2, 0.25) is 10.0 Å². The van der Waals surface area contributed by atoms with Gasteiger partial charge in [0.2, 0.25) is 20.0 Å². The summed E-state index contributed by atoms with van der Waals surface area (Å²) < 4.78 is 49.1. The van der Waals surface area contributed by atoms with Crippen LogP contribution in [0.25, 0.3) is 0 Å². The summed E-state index contributed by atoms with van der Waals surface area (Å²) in [5, 5.41) is 5.40. The molecule has 10 heteroatoms. The molecule has 0 aromatic heterocycles. The lowest BCUT2D eigenvalue weighted by Crippen LogP contribution is -2.23. The molecule has 0 atom stereocenters. The van der Waals surface area contributed by atoms with Crippen molar-refractivity contribution in [1.29, 1.82) is 0 Å². The largest absolute Gasteiger partial charge is 0.240 e. The minimum atomic E-state index is -3.80. The number of benzene rings is 2. The fourth-order valence-electron chi connectivity index (χ4n) is 1.74. The number of primary sulfonamides is 1. The third kappa shape index (κ3) is 4.90. The van der Waals surface area contributed by atoms with Crippen LogP contribution < -0.4 is 9.86 Å². The molecule has 0 aliphatic carbocycles. The van der Waals surface area contributed by atoms with Crippen LogP contribution in [0, 0.1) is 0 Å². The molecule has 0 heterocycles. The summed E-state index contributed by atoms with van der Waals surface area (Å²) in [4.78, 5) is -0.109. The van der Waals surface area contributed by atoms with Crippen molar-refractivity contribution in [2.75, 3.05) is 0 Å². The number of sulfonamides is 2. The van der Waals surface area contributed by atoms with Gasteiger partial charge in [-0.05, 0) is 35.9 Å². The Bertz CT molecular complexity index is 907. The second-order valence-corrected chi connectivity index (χ2v) is 8.82. The first-order chi connectivity index (χ1) is 10.6. The summed E-state index contributed by atoms with van der Waals surface area (Å²) in [5.74, 6) is 0. The normalized spacial score (nSPS) is 12.3. The maximum Gasteiger partial charge on any atom is 0.240 e. The van der Waals surface area contributed by atoms with E-state index in [1.54, 1.807) is 0 Å². The standard InChI is InChI=1S/C13H12Cl2N2O4S2/c14-10-5-11(15)7-13(6-10)23(20,21)17-8-9-1-3-12(4-2-9)22(16,18)19/h1-7,17H,8H2,(H2,16,18,19). The summed E-state index contributed by atoms with van der Waals surface area (Å²) in [6.07, 6.45) is 0. The lowest BCUT2D eigenvalue weighted by Gasteiger charge is -2.08. The van der Waals surface area contributed by atoms with Crippen molar-refractivity contribution in [3.8, 4) is 0 Å². The van der Waals surface area contributed by atoms with E-state index in [2.05, 4.69) is 4.72 Å². The number of halogens is 2. The topological polar surface area (TPSA) is 106 Å². The molecule has 124 valence electrons. The monoisotopic (exact) mass is 394 g/mol. The maximum atomic E-state index is 12.2. The first kappa shape index (κ1) is 18.2. The van der Waals surface area contributed by atoms with Gasteiger partial charge in [0.05, 0.1) is 9.79 Å². The Morgan fingerprint density at radius 3 is 1.87 bits per heavy atom. The predicted octanol–water partition coefficient (Wildman–Crippen LogP) is 2.12. The molecule has 2 rings (SSSR count). The SMILES string of the molecule is NS(=O)(=O)c1ccc(CNS(=O)(=O)c2cc(Cl)cc(Cl)c2)cc1. The molecule has 0 radical (unpaired) electrons. The van der Waals surface area contributed by atoms with Crippen molar-refractivity contribution in [1.82, 2.24) is 4.72 Å². The number of hydrogen-bond acceptors (Lipinski definition) is 4. The maximum absolute atomic E-state index is 12.2. The molecular weight excluding hydrogens is 383 g/mol. The van der Waals surface area contributed by atoms with Gasteiger partial charge in [-0.1, -0.05) is 35.3 Å². The molecule has 0 amide bonds. The Balaban J connectivity index is 2.16. The Morgan fingerprint density at radius 1 is 0.870 bits per heavy atom. The van der Waals surface area contributed by atoms with Gasteiger partial charge in [-0.3, -0.25) is 0 Å². The second kappa shape index (κ2) is 6.76. The van der Waals surface area contributed by atoms with E-state index < -0.39 is 20.0 Å². The van der Waals surface area contributed by atoms with Gasteiger partial charge < -0.3 is 0 Å². The second-order valence-electron chi connectivity index (χ2n) is 4.62. The molecule has 23 heavy (non-hydrogen) atoms. The van der Waals surface area contributed by atoms with Gasteiger partial charge in [0, 0.05) is 16.6 Å². The highest BCUT2D eigenvalue weighted by Gasteiger charge is 2.15. The van der Waals surface area contributed by atoms with Crippen LogP contribution in [0.15, 0.2) is 52.3 Å². The zero-order valence-corrected chi connectivity index (χ0v) is 14.7. The van der Waals surface area contributed by atoms with Crippen LogP contribution in [0.4, 0.5) is 0 Å². The van der Waals surface area contributed by atoms with Gasteiger partial charge in [-0.15, -0.1) is 0 Å². The molecular formula is C13H12Cl2N2O4S2. The smallest absolute Gasteiger partial charge is 0.225 e. The average molecular weight is 395 g/mol. The average Bonchev–Trinajstić information content (AvgIpc) is 2.44. The molecule has 6 nitrogen and oxygen atoms in total. The third-order valence-electron chi connectivity index (χ3n) is 2.86. The summed E-state index contributed by atoms with van der Waals surface area (Å²) >= 11 is 11.6. The first-order valence-electron chi connectivity index (χ1n) is 6.15. The highest BCUT2D eigenvalue weighted by molar-refractivity contribution is 7.89. The van der Waals surface area contributed by atoms with Crippen LogP contribution >= 0.6 is 23.2 Å². The van der Waals surface area contributed by atoms with E-state index in [0.29, 0.717) is 5.56 Å². The Hall–Kier alpha value is -1.16. The highest BCUT2D eigenvalue weighted by atomic mass is 35.5. The highest BCUT2D eigenvalue weighted by Crippen LogP contribution is 2.22. The zero-order valence-electron chi connectivity index (χ0n) is 11.5. The van der Waals surface area contributed by atoms with E-state index in [-0.39, 0.29) is 26.4 Å². The number of nitrogens with two attached hydrogens (primary N) is 1. The van der Waals surface area contributed by atoms with Crippen LogP contribution in [-0.2, 0) is 26.6 Å². The van der Waals surface area contributed by atoms with Crippen LogP contribution in [0.5, 0.6) is 0 Å². The van der Waals surface area contributed by atoms with Crippen LogP contribution in [-0.4, -0.2) is 16.8 Å². The predicted molar refractivity (Wildman–Crippen MR) is 88.3 cm³/mol. The van der Waals surface area contributed by atoms with Gasteiger partial charge in [0.15, 0.2) is 0 Å². The number of rotatable bonds is 5. The molecule has 2 aromatic carbocycles. The molecule has 0 aliphatic heterocycles. The minimum absolute atomic E-state index is 0.0304. The summed E-state index contributed by atoms with van der Waals surface area (Å²) in [5.41, 5.74) is 0.564. The Morgan fingerprint density at radius 2 is 1.39 bits per heavy atom. The van der Waals surface area contributed by atoms with Gasteiger partial charge in [0.25, 0.3) is 0 Å². The van der Waals surface area contributed by atoms with E-state index in [1.807, 2.05) is 0 Å². The quantitative estimate of drug-likeness (QED) is 0.809. The minimum Gasteiger partial charge on any atom is -0.225 e. The molecule has 2 aromatic rings. The first-order valence-corrected chi connectivity index (χ1v) is 9.94. The number of nitrogens with one attached hydrogen (secondary N) is 1. The van der Waals surface area contributed by atoms with Crippen molar-refractivity contribution in [2.24, 2.45) is 5.14 Å². The summed E-state index contributed by atoms with van der Waals surface area (Å²) in [6, 6.07) is 9.51. The lowest BCUT2D eigenvalue weighted by atomic mass is 10.2. The van der Waals surface area contributed by atoms with Crippen molar-refractivity contribution in [3.63, 3.8) is 0 Å². The molecule has 0 saturated carbocycles. The molecule has 0 bridgehead atoms. The van der Waals surface area contributed by atoms with Gasteiger partial charge in [-0.2, -0.15) is 0 Å². The third-order valence-corrected chi connectivity index (χ3v) is 5.61. The van der Waals surface area contributed by atoms with Gasteiger partial charge in [-0.25, -0.2) is 26.7 Å².